The zero-order valence-electron chi connectivity index (χ0n) is 78.2. The summed E-state index contributed by atoms with van der Waals surface area (Å²) in [5, 5.41) is 15.6. The summed E-state index contributed by atoms with van der Waals surface area (Å²) in [6, 6.07) is 72.4. The highest BCUT2D eigenvalue weighted by Gasteiger charge is 2.53. The van der Waals surface area contributed by atoms with Gasteiger partial charge in [0.05, 0.1) is 68.6 Å². The zero-order chi connectivity index (χ0) is 97.3. The maximum absolute atomic E-state index is 13.8. The number of pyridine rings is 4. The van der Waals surface area contributed by atoms with Crippen LogP contribution in [0.2, 0.25) is 0 Å². The number of aliphatic hydroxyl groups is 1. The number of sulfonamides is 3. The number of nitrogens with one attached hydrogen (secondary N) is 3. The number of hydrogen-bond acceptors (Lipinski definition) is 23. The summed E-state index contributed by atoms with van der Waals surface area (Å²) in [6.45, 7) is 7.07. The first-order valence-electron chi connectivity index (χ1n) is 46.1. The zero-order valence-corrected chi connectivity index (χ0v) is 80.7. The number of anilines is 2. The van der Waals surface area contributed by atoms with Crippen molar-refractivity contribution in [2.24, 2.45) is 0 Å². The smallest absolute Gasteiger partial charge is 0.243 e. The molecule has 0 spiro atoms. The second-order valence-electron chi connectivity index (χ2n) is 35.7. The Morgan fingerprint density at radius 3 is 1.30 bits per heavy atom. The van der Waals surface area contributed by atoms with E-state index in [-0.39, 0.29) is 82.2 Å². The average Bonchev–Trinajstić information content (AvgIpc) is 1.59. The number of ketones is 3. The third-order valence-electron chi connectivity index (χ3n) is 27.1. The van der Waals surface area contributed by atoms with E-state index < -0.39 is 51.7 Å². The minimum atomic E-state index is -3.69. The van der Waals surface area contributed by atoms with Gasteiger partial charge in [0.25, 0.3) is 0 Å². The Labute approximate surface area is 810 Å². The maximum atomic E-state index is 13.8. The molecular formula is C107H119N9O19S3. The minimum absolute atomic E-state index is 0. The Balaban J connectivity index is 0.000000168. The highest BCUT2D eigenvalue weighted by Crippen LogP contribution is 2.54. The largest absolute Gasteiger partial charge is 0.497 e. The summed E-state index contributed by atoms with van der Waals surface area (Å²) in [5.74, 6) is 5.41. The van der Waals surface area contributed by atoms with E-state index >= 15 is 0 Å². The fraction of sp³-hybridized carbons (Fsp3) is 0.318. The fourth-order valence-electron chi connectivity index (χ4n) is 18.7. The number of nitrogens with zero attached hydrogens (tertiary/aromatic N) is 6. The van der Waals surface area contributed by atoms with Crippen LogP contribution in [0.4, 0.5) is 11.6 Å². The van der Waals surface area contributed by atoms with Gasteiger partial charge in [0.1, 0.15) is 34.7 Å². The van der Waals surface area contributed by atoms with Gasteiger partial charge in [0, 0.05) is 109 Å². The third kappa shape index (κ3) is 21.1. The molecule has 4 aromatic heterocycles. The molecule has 19 rings (SSSR count). The Kier molecular flexibility index (Phi) is 29.5. The Morgan fingerprint density at radius 1 is 0.464 bits per heavy atom. The molecule has 12 aromatic rings. The number of carbonyl (C=O) groups excluding carboxylic acids is 5. The highest BCUT2D eigenvalue weighted by atomic mass is 32.2. The highest BCUT2D eigenvalue weighted by molar-refractivity contribution is 7.89. The van der Waals surface area contributed by atoms with Gasteiger partial charge in [-0.25, -0.2) is 44.2 Å². The van der Waals surface area contributed by atoms with Crippen LogP contribution in [0.15, 0.2) is 257 Å². The van der Waals surface area contributed by atoms with Crippen LogP contribution in [0.3, 0.4) is 0 Å². The van der Waals surface area contributed by atoms with E-state index in [0.29, 0.717) is 91.3 Å². The SMILES string of the molecule is CC(=O)c1ccc(-c2ccc(CC(=O)C3(c4ccc5c(c4)OCO5)CC3)nc2C)cc1.CNS(=O)(=O)c1ccc(-c2cccc(NC(=O)C3(c4ccc(OC)cc4)CCOCC3)n2)cc1.COc1ccc(C2(C(=O)Nc3cccc(-c4ccc(S(=O)(=O)N5CCC[C@@H]5CO)cc4)n3)CCCCC2)cc1.Cc1nc(CC(=O)C2(c3ccc4c(c3)OCO4)CC2)ccc1-c1ccc(S(=O)(=O)N(C)C)cc1.[HH].[HH].[HH].[HH]. The standard InChI is InChI=1S/C30H35N3O5S.C26H26N2O5S.C26H23NO4.C25H27N3O5S.4H2/c1-38-25-14-12-23(13-15-25)30(18-3-2-4-19-30)29(35)32-28-9-5-8-27(31-28)22-10-16-26(17-11-22)39(36,37)33-20-6-7-24(33)21-34;1-17-22(18-4-8-21(9-5-18)34(30,31)28(2)3)10-7-20(27-17)15-25(29)26(12-13-26)19-6-11-23-24(14-19)33-16-32-23;1-16-22(19-5-3-18(4-6-19)17(2)28)9-8-21(27-16)14-25(29)26(11-12-26)20-7-10-23-24(13-20)31-15-30-23;1-26-34(30,31)21-12-6-18(7-13-21)22-4-3-5-23(27-22)28-24(29)25(14-16-33-17-15-25)19-8-10-20(32-2)11-9-19;;;;/h5,8-17,24,34H,2-4,6-7,18-21H2,1H3,(H,31,32,35);4-11,14H,12-13,15-16H2,1-3H3;3-10,13H,11-12,14-15H2,1-2H3;3-13,26H,14-17H2,1-2H3,(H,27,28,29);4*1H/t24-;;;;;;;/m1......./s1. The van der Waals surface area contributed by atoms with Crippen molar-refractivity contribution >= 4 is 70.9 Å². The lowest BCUT2D eigenvalue weighted by Gasteiger charge is -2.36. The molecule has 4 N–H and O–H groups in total. The molecule has 8 heterocycles. The molecule has 31 heteroatoms. The number of carbonyl (C=O) groups is 5. The lowest BCUT2D eigenvalue weighted by molar-refractivity contribution is -0.125. The van der Waals surface area contributed by atoms with Crippen LogP contribution in [0.5, 0.6) is 34.5 Å². The third-order valence-corrected chi connectivity index (χ3v) is 32.4. The Hall–Kier alpha value is -13.2. The van der Waals surface area contributed by atoms with Crippen LogP contribution in [0.25, 0.3) is 44.8 Å². The quantitative estimate of drug-likeness (QED) is 0.0331. The average molecular weight is 1930 g/mol. The molecule has 0 unspecified atom stereocenters. The Bertz CT molecular complexity index is 6900. The summed E-state index contributed by atoms with van der Waals surface area (Å²) in [5.41, 5.74) is 12.0. The molecule has 724 valence electrons. The van der Waals surface area contributed by atoms with Crippen molar-refractivity contribution in [3.8, 4) is 79.3 Å². The monoisotopic (exact) mass is 1930 g/mol. The molecule has 138 heavy (non-hydrogen) atoms. The number of hydrogen-bond donors (Lipinski definition) is 4. The summed E-state index contributed by atoms with van der Waals surface area (Å²) in [7, 11) is -3.05. The topological polar surface area (TPSA) is 367 Å². The van der Waals surface area contributed by atoms with E-state index in [4.69, 9.17) is 38.1 Å². The molecule has 4 aliphatic heterocycles. The number of rotatable bonds is 28. The van der Waals surface area contributed by atoms with Gasteiger partial charge in [-0.1, -0.05) is 141 Å². The Morgan fingerprint density at radius 2 is 0.884 bits per heavy atom. The van der Waals surface area contributed by atoms with Crippen LogP contribution in [0, 0.1) is 13.8 Å². The predicted octanol–water partition coefficient (Wildman–Crippen LogP) is 17.8. The van der Waals surface area contributed by atoms with E-state index in [2.05, 4.69) is 30.3 Å². The van der Waals surface area contributed by atoms with E-state index in [9.17, 15) is 54.3 Å². The molecule has 1 atom stereocenters. The summed E-state index contributed by atoms with van der Waals surface area (Å²) in [4.78, 5) is 84.6. The van der Waals surface area contributed by atoms with Crippen LogP contribution in [-0.4, -0.2) is 169 Å². The molecule has 2 amide bonds. The van der Waals surface area contributed by atoms with Crippen molar-refractivity contribution in [2.75, 3.05) is 85.9 Å². The molecule has 3 saturated carbocycles. The van der Waals surface area contributed by atoms with E-state index in [1.54, 1.807) is 100 Å². The second kappa shape index (κ2) is 41.6. The predicted molar refractivity (Wildman–Crippen MR) is 532 cm³/mol. The number of aliphatic hydroxyl groups excluding tert-OH is 1. The molecule has 8 aromatic carbocycles. The molecule has 28 nitrogen and oxygen atoms in total. The number of amides is 2. The number of fused-ring (bicyclic) bond motifs is 2. The minimum Gasteiger partial charge on any atom is -0.497 e. The first-order valence-corrected chi connectivity index (χ1v) is 50.4. The molecule has 0 radical (unpaired) electrons. The normalized spacial score (nSPS) is 16.8. The summed E-state index contributed by atoms with van der Waals surface area (Å²) < 4.78 is 117. The van der Waals surface area contributed by atoms with Gasteiger partial charge >= 0.3 is 0 Å². The second-order valence-corrected chi connectivity index (χ2v) is 41.6. The number of aromatic nitrogens is 4. The first-order chi connectivity index (χ1) is 66.4. The van der Waals surface area contributed by atoms with Crippen LogP contribution < -0.4 is 43.8 Å². The number of ether oxygens (including phenoxy) is 7. The van der Waals surface area contributed by atoms with Crippen molar-refractivity contribution in [1.82, 2.24) is 33.3 Å². The number of aryl methyl sites for hydroxylation is 2. The molecule has 7 aliphatic rings. The van der Waals surface area contributed by atoms with Crippen molar-refractivity contribution in [2.45, 2.75) is 159 Å². The van der Waals surface area contributed by atoms with Crippen molar-refractivity contribution in [3.05, 3.63) is 293 Å². The van der Waals surface area contributed by atoms with Gasteiger partial charge in [-0.05, 0) is 247 Å². The van der Waals surface area contributed by atoms with Crippen molar-refractivity contribution in [3.63, 3.8) is 0 Å². The lowest BCUT2D eigenvalue weighted by atomic mass is 9.68. The van der Waals surface area contributed by atoms with E-state index in [0.717, 1.165) is 160 Å². The summed E-state index contributed by atoms with van der Waals surface area (Å²) in [6.07, 6.45) is 11.1. The lowest BCUT2D eigenvalue weighted by Crippen LogP contribution is -2.45. The molecular weight excluding hydrogens is 1810 g/mol. The van der Waals surface area contributed by atoms with Crippen molar-refractivity contribution in [1.29, 1.82) is 0 Å². The van der Waals surface area contributed by atoms with E-state index in [1.165, 1.54) is 41.9 Å². The van der Waals surface area contributed by atoms with Gasteiger partial charge < -0.3 is 48.9 Å². The number of methoxy groups -OCH3 is 2. The molecule has 0 bridgehead atoms. The molecule has 3 aliphatic carbocycles. The van der Waals surface area contributed by atoms with Gasteiger partial charge in [-0.3, -0.25) is 33.9 Å². The van der Waals surface area contributed by atoms with Crippen LogP contribution in [0.1, 0.15) is 151 Å². The number of benzene rings is 8. The summed E-state index contributed by atoms with van der Waals surface area (Å²) >= 11 is 0. The van der Waals surface area contributed by atoms with Crippen molar-refractivity contribution < 1.29 is 93.2 Å². The fourth-order valence-corrected chi connectivity index (χ4v) is 22.0. The molecule has 2 saturated heterocycles. The van der Waals surface area contributed by atoms with Gasteiger partial charge in [-0.15, -0.1) is 0 Å². The first kappa shape index (κ1) is 97.8. The van der Waals surface area contributed by atoms with Crippen LogP contribution >= 0.6 is 0 Å². The van der Waals surface area contributed by atoms with Crippen LogP contribution in [-0.2, 0) is 88.5 Å². The van der Waals surface area contributed by atoms with Gasteiger partial charge in [0.2, 0.25) is 55.5 Å². The number of Topliss-reactive ketones (excluding diaryl/α,β-unsaturated/α-hetero) is 3. The maximum Gasteiger partial charge on any atom is 0.243 e. The molecule has 5 fully saturated rings. The van der Waals surface area contributed by atoms with E-state index in [1.807, 2.05) is 166 Å². The van der Waals surface area contributed by atoms with Gasteiger partial charge in [-0.2, -0.15) is 4.31 Å². The van der Waals surface area contributed by atoms with Gasteiger partial charge in [0.15, 0.2) is 28.8 Å².